The largest absolute Gasteiger partial charge is 0.467 e. The quantitative estimate of drug-likeness (QED) is 0.307. The number of barbiturate groups is 1. The fraction of sp³-hybridized carbons (Fsp3) is 0.148. The summed E-state index contributed by atoms with van der Waals surface area (Å²) in [4.78, 5) is 40.9. The van der Waals surface area contributed by atoms with Crippen LogP contribution in [0.3, 0.4) is 0 Å². The molecular weight excluding hydrogens is 511 g/mol. The van der Waals surface area contributed by atoms with Crippen LogP contribution in [0, 0.1) is 5.82 Å². The molecule has 1 aromatic heterocycles. The van der Waals surface area contributed by atoms with E-state index in [1.807, 2.05) is 0 Å². The van der Waals surface area contributed by atoms with Crippen LogP contribution in [0.4, 0.5) is 9.18 Å². The highest BCUT2D eigenvalue weighted by Crippen LogP contribution is 2.30. The van der Waals surface area contributed by atoms with Crippen LogP contribution >= 0.6 is 0 Å². The Hall–Kier alpha value is -5.10. The lowest BCUT2D eigenvalue weighted by Gasteiger charge is -2.34. The van der Waals surface area contributed by atoms with E-state index in [1.165, 1.54) is 31.4 Å². The molecule has 198 valence electrons. The number of nitrogens with one attached hydrogen (secondary N) is 2. The van der Waals surface area contributed by atoms with Crippen LogP contribution in [-0.2, 0) is 14.3 Å². The van der Waals surface area contributed by atoms with E-state index in [4.69, 9.17) is 18.7 Å². The van der Waals surface area contributed by atoms with E-state index in [1.54, 1.807) is 48.5 Å². The fourth-order valence-corrected chi connectivity index (χ4v) is 3.82. The van der Waals surface area contributed by atoms with Gasteiger partial charge < -0.3 is 18.7 Å². The van der Waals surface area contributed by atoms with Gasteiger partial charge in [0.15, 0.2) is 0 Å². The molecule has 1 fully saturated rings. The van der Waals surface area contributed by atoms with Gasteiger partial charge in [-0.25, -0.2) is 9.18 Å². The van der Waals surface area contributed by atoms with Crippen molar-refractivity contribution in [1.82, 2.24) is 20.8 Å². The van der Waals surface area contributed by atoms with E-state index < -0.39 is 29.3 Å². The molecule has 4 amide bonds. The summed E-state index contributed by atoms with van der Waals surface area (Å²) < 4.78 is 35.4. The lowest BCUT2D eigenvalue weighted by atomic mass is 9.95. The number of hydrogen-bond donors (Lipinski definition) is 2. The third-order valence-corrected chi connectivity index (χ3v) is 5.81. The third kappa shape index (κ3) is 5.45. The van der Waals surface area contributed by atoms with Gasteiger partial charge in [-0.15, -0.1) is 0 Å². The monoisotopic (exact) mass is 532 g/mol. The number of rotatable bonds is 9. The maximum absolute atomic E-state index is 13.5. The Morgan fingerprint density at radius 3 is 2.15 bits per heavy atom. The van der Waals surface area contributed by atoms with Crippen molar-refractivity contribution in [3.8, 4) is 40.1 Å². The predicted octanol–water partition coefficient (Wildman–Crippen LogP) is 3.86. The smallest absolute Gasteiger partial charge is 0.328 e. The number of methoxy groups -OCH3 is 1. The zero-order valence-electron chi connectivity index (χ0n) is 20.5. The van der Waals surface area contributed by atoms with Crippen LogP contribution < -0.4 is 20.1 Å². The number of benzene rings is 3. The number of carbonyl (C=O) groups is 3. The van der Waals surface area contributed by atoms with Crippen molar-refractivity contribution in [2.45, 2.75) is 12.0 Å². The summed E-state index contributed by atoms with van der Waals surface area (Å²) in [5, 5.41) is 8.02. The number of carbonyl (C=O) groups excluding carboxylic acids is 3. The van der Waals surface area contributed by atoms with Crippen molar-refractivity contribution in [3.05, 3.63) is 78.6 Å². The Morgan fingerprint density at radius 2 is 1.51 bits per heavy atom. The SMILES string of the molecule is COCCC1(Oc2ccc(Oc3ccc(-c4nc(-c5cccc(F)c5)no4)cc3)cc2)C(=O)NC(=O)NC1=O. The lowest BCUT2D eigenvalue weighted by Crippen LogP contribution is -2.69. The number of aromatic nitrogens is 2. The maximum atomic E-state index is 13.5. The number of imide groups is 2. The van der Waals surface area contributed by atoms with Gasteiger partial charge in [-0.1, -0.05) is 17.3 Å². The minimum atomic E-state index is -1.97. The third-order valence-electron chi connectivity index (χ3n) is 5.81. The van der Waals surface area contributed by atoms with Gasteiger partial charge in [-0.3, -0.25) is 20.2 Å². The molecule has 4 aromatic rings. The number of hydrogen-bond acceptors (Lipinski definition) is 9. The molecule has 0 atom stereocenters. The molecule has 0 aliphatic carbocycles. The highest BCUT2D eigenvalue weighted by molar-refractivity contribution is 6.21. The average molecular weight is 532 g/mol. The molecule has 39 heavy (non-hydrogen) atoms. The van der Waals surface area contributed by atoms with E-state index >= 15 is 0 Å². The van der Waals surface area contributed by atoms with Crippen LogP contribution in [-0.4, -0.2) is 47.3 Å². The Kier molecular flexibility index (Phi) is 7.02. The summed E-state index contributed by atoms with van der Waals surface area (Å²) in [6, 6.07) is 18.1. The minimum absolute atomic E-state index is 0.0436. The maximum Gasteiger partial charge on any atom is 0.328 e. The normalized spacial score (nSPS) is 14.5. The Bertz CT molecular complexity index is 1500. The van der Waals surface area contributed by atoms with Gasteiger partial charge in [0.1, 0.15) is 23.1 Å². The summed E-state index contributed by atoms with van der Waals surface area (Å²) in [5.41, 5.74) is -0.823. The second-order valence-corrected chi connectivity index (χ2v) is 8.44. The molecule has 2 N–H and O–H groups in total. The van der Waals surface area contributed by atoms with E-state index in [0.29, 0.717) is 22.6 Å². The molecule has 0 unspecified atom stereocenters. The Balaban J connectivity index is 1.26. The van der Waals surface area contributed by atoms with Gasteiger partial charge in [0.2, 0.25) is 5.82 Å². The second kappa shape index (κ2) is 10.7. The first kappa shape index (κ1) is 25.5. The van der Waals surface area contributed by atoms with Crippen LogP contribution in [0.2, 0.25) is 0 Å². The van der Waals surface area contributed by atoms with Crippen molar-refractivity contribution < 1.29 is 37.5 Å². The van der Waals surface area contributed by atoms with Crippen molar-refractivity contribution in [2.75, 3.05) is 13.7 Å². The topological polar surface area (TPSA) is 142 Å². The van der Waals surface area contributed by atoms with E-state index in [0.717, 1.165) is 0 Å². The number of nitrogens with zero attached hydrogens (tertiary/aromatic N) is 2. The van der Waals surface area contributed by atoms with Crippen LogP contribution in [0.1, 0.15) is 6.42 Å². The predicted molar refractivity (Wildman–Crippen MR) is 133 cm³/mol. The number of urea groups is 1. The first-order valence-electron chi connectivity index (χ1n) is 11.7. The molecule has 1 saturated heterocycles. The summed E-state index contributed by atoms with van der Waals surface area (Å²) in [5.74, 6) is -0.437. The van der Waals surface area contributed by atoms with Gasteiger partial charge >= 0.3 is 6.03 Å². The van der Waals surface area contributed by atoms with Crippen LogP contribution in [0.25, 0.3) is 22.8 Å². The highest BCUT2D eigenvalue weighted by atomic mass is 19.1. The van der Waals surface area contributed by atoms with E-state index in [2.05, 4.69) is 20.8 Å². The average Bonchev–Trinajstić information content (AvgIpc) is 3.42. The minimum Gasteiger partial charge on any atom is -0.467 e. The second-order valence-electron chi connectivity index (χ2n) is 8.44. The van der Waals surface area contributed by atoms with Crippen molar-refractivity contribution >= 4 is 17.8 Å². The van der Waals surface area contributed by atoms with E-state index in [9.17, 15) is 18.8 Å². The van der Waals surface area contributed by atoms with Crippen LogP contribution in [0.15, 0.2) is 77.3 Å². The molecule has 0 radical (unpaired) electrons. The lowest BCUT2D eigenvalue weighted by molar-refractivity contribution is -0.153. The molecule has 11 nitrogen and oxygen atoms in total. The highest BCUT2D eigenvalue weighted by Gasteiger charge is 2.52. The first-order valence-corrected chi connectivity index (χ1v) is 11.7. The Labute approximate surface area is 220 Å². The summed E-state index contributed by atoms with van der Waals surface area (Å²) in [7, 11) is 1.42. The van der Waals surface area contributed by atoms with Crippen molar-refractivity contribution in [3.63, 3.8) is 0 Å². The summed E-state index contributed by atoms with van der Waals surface area (Å²) in [6.45, 7) is 0.0436. The molecule has 2 heterocycles. The van der Waals surface area contributed by atoms with Gasteiger partial charge in [0.05, 0.1) is 6.61 Å². The van der Waals surface area contributed by atoms with Crippen LogP contribution in [0.5, 0.6) is 17.2 Å². The zero-order valence-corrected chi connectivity index (χ0v) is 20.5. The molecule has 3 aromatic carbocycles. The summed E-state index contributed by atoms with van der Waals surface area (Å²) >= 11 is 0. The fourth-order valence-electron chi connectivity index (χ4n) is 3.82. The molecule has 0 saturated carbocycles. The molecule has 0 spiro atoms. The molecular formula is C27H21FN4O7. The van der Waals surface area contributed by atoms with Gasteiger partial charge in [0.25, 0.3) is 23.3 Å². The van der Waals surface area contributed by atoms with Crippen molar-refractivity contribution in [2.24, 2.45) is 0 Å². The van der Waals surface area contributed by atoms with Gasteiger partial charge in [-0.2, -0.15) is 4.98 Å². The molecule has 12 heteroatoms. The molecule has 5 rings (SSSR count). The standard InChI is InChI=1S/C27H21FN4O7/c1-36-14-13-27(24(33)30-26(35)31-25(27)34)38-21-11-9-20(10-12-21)37-19-7-5-16(6-8-19)23-29-22(32-39-23)17-3-2-4-18(28)15-17/h2-12,15H,13-14H2,1H3,(H2,30,31,33,34,35). The molecule has 0 bridgehead atoms. The van der Waals surface area contributed by atoms with E-state index in [-0.39, 0.29) is 30.5 Å². The first-order chi connectivity index (χ1) is 18.9. The Morgan fingerprint density at radius 1 is 0.872 bits per heavy atom. The molecule has 1 aliphatic rings. The molecule has 1 aliphatic heterocycles. The van der Waals surface area contributed by atoms with Gasteiger partial charge in [0, 0.05) is 24.7 Å². The number of amides is 4. The number of ether oxygens (including phenoxy) is 3. The van der Waals surface area contributed by atoms with Crippen molar-refractivity contribution in [1.29, 1.82) is 0 Å². The summed E-state index contributed by atoms with van der Waals surface area (Å²) in [6.07, 6.45) is -0.108. The zero-order chi connectivity index (χ0) is 27.4. The number of halogens is 1. The van der Waals surface area contributed by atoms with Gasteiger partial charge in [-0.05, 0) is 60.7 Å².